The van der Waals surface area contributed by atoms with Gasteiger partial charge in [-0.15, -0.1) is 0 Å². The monoisotopic (exact) mass is 282 g/mol. The van der Waals surface area contributed by atoms with E-state index in [0.29, 0.717) is 12.6 Å². The third kappa shape index (κ3) is 2.42. The summed E-state index contributed by atoms with van der Waals surface area (Å²) < 4.78 is 14.3. The fraction of sp³-hybridized carbons (Fsp3) is 0.333. The summed E-state index contributed by atoms with van der Waals surface area (Å²) in [5.74, 6) is -0.106. The zero-order chi connectivity index (χ0) is 14.2. The minimum Gasteiger partial charge on any atom is -0.341 e. The molecule has 2 nitrogen and oxygen atoms in total. The van der Waals surface area contributed by atoms with Gasteiger partial charge in [-0.05, 0) is 43.0 Å². The van der Waals surface area contributed by atoms with Crippen molar-refractivity contribution in [3.8, 4) is 0 Å². The van der Waals surface area contributed by atoms with E-state index in [1.807, 2.05) is 12.1 Å². The molecule has 1 heterocycles. The summed E-state index contributed by atoms with van der Waals surface area (Å²) in [5, 5.41) is 3.43. The number of nitrogens with zero attached hydrogens (tertiary/aromatic N) is 1. The Morgan fingerprint density at radius 1 is 1.05 bits per heavy atom. The molecular weight excluding hydrogens is 263 g/mol. The predicted octanol–water partition coefficient (Wildman–Crippen LogP) is 3.77. The van der Waals surface area contributed by atoms with Crippen LogP contribution in [-0.2, 0) is 13.0 Å². The smallest absolute Gasteiger partial charge is 0.129 e. The molecule has 1 saturated carbocycles. The number of halogens is 1. The largest absolute Gasteiger partial charge is 0.341 e. The minimum atomic E-state index is -0.106. The molecule has 21 heavy (non-hydrogen) atoms. The fourth-order valence-corrected chi connectivity index (χ4v) is 3.10. The highest BCUT2D eigenvalue weighted by Crippen LogP contribution is 2.37. The lowest BCUT2D eigenvalue weighted by atomic mass is 10.1. The van der Waals surface area contributed by atoms with Crippen LogP contribution in [0.1, 0.15) is 24.0 Å². The van der Waals surface area contributed by atoms with Gasteiger partial charge in [0.2, 0.25) is 0 Å². The molecule has 2 aliphatic rings. The number of nitrogens with one attached hydrogen (secondary N) is 1. The topological polar surface area (TPSA) is 15.3 Å². The van der Waals surface area contributed by atoms with E-state index in [0.717, 1.165) is 24.2 Å². The van der Waals surface area contributed by atoms with Crippen LogP contribution >= 0.6 is 0 Å². The van der Waals surface area contributed by atoms with Crippen LogP contribution in [0.4, 0.5) is 15.8 Å². The lowest BCUT2D eigenvalue weighted by Crippen LogP contribution is -2.21. The van der Waals surface area contributed by atoms with Gasteiger partial charge in [-0.2, -0.15) is 0 Å². The second-order valence-corrected chi connectivity index (χ2v) is 5.92. The molecule has 0 unspecified atom stereocenters. The van der Waals surface area contributed by atoms with Crippen LogP contribution in [0.15, 0.2) is 42.5 Å². The maximum Gasteiger partial charge on any atom is 0.129 e. The highest BCUT2D eigenvalue weighted by atomic mass is 19.1. The van der Waals surface area contributed by atoms with Crippen LogP contribution in [0, 0.1) is 5.82 Å². The zero-order valence-electron chi connectivity index (χ0n) is 12.0. The van der Waals surface area contributed by atoms with E-state index in [9.17, 15) is 4.39 Å². The zero-order valence-corrected chi connectivity index (χ0v) is 12.0. The Hall–Kier alpha value is -1.87. The van der Waals surface area contributed by atoms with Gasteiger partial charge in [0.15, 0.2) is 0 Å². The Labute approximate surface area is 124 Å². The summed E-state index contributed by atoms with van der Waals surface area (Å²) in [6, 6.07) is 14.4. The molecule has 0 radical (unpaired) electrons. The van der Waals surface area contributed by atoms with Crippen molar-refractivity contribution in [2.45, 2.75) is 31.8 Å². The summed E-state index contributed by atoms with van der Waals surface area (Å²) in [5.41, 5.74) is 4.37. The lowest BCUT2D eigenvalue weighted by Gasteiger charge is -2.23. The minimum absolute atomic E-state index is 0.106. The Bertz CT molecular complexity index is 664. The average Bonchev–Trinajstić information content (AvgIpc) is 3.23. The van der Waals surface area contributed by atoms with E-state index in [4.69, 9.17) is 0 Å². The van der Waals surface area contributed by atoms with Crippen LogP contribution < -0.4 is 10.2 Å². The van der Waals surface area contributed by atoms with Crippen LogP contribution in [0.25, 0.3) is 0 Å². The number of hydrogen-bond donors (Lipinski definition) is 1. The maximum absolute atomic E-state index is 14.3. The molecule has 0 amide bonds. The molecule has 4 rings (SSSR count). The molecule has 1 N–H and O–H groups in total. The second kappa shape index (κ2) is 5.15. The van der Waals surface area contributed by atoms with E-state index in [-0.39, 0.29) is 5.82 Å². The van der Waals surface area contributed by atoms with Gasteiger partial charge in [0, 0.05) is 36.1 Å². The first-order chi connectivity index (χ1) is 10.3. The van der Waals surface area contributed by atoms with Gasteiger partial charge in [0.25, 0.3) is 0 Å². The molecule has 0 spiro atoms. The summed E-state index contributed by atoms with van der Waals surface area (Å²) in [7, 11) is 0. The fourth-order valence-electron chi connectivity index (χ4n) is 3.10. The number of fused-ring (bicyclic) bond motifs is 1. The van der Waals surface area contributed by atoms with E-state index >= 15 is 0 Å². The van der Waals surface area contributed by atoms with E-state index in [1.54, 1.807) is 6.07 Å². The summed E-state index contributed by atoms with van der Waals surface area (Å²) in [4.78, 5) is 2.25. The summed E-state index contributed by atoms with van der Waals surface area (Å²) in [6.07, 6.45) is 3.47. The Morgan fingerprint density at radius 2 is 1.86 bits per heavy atom. The van der Waals surface area contributed by atoms with E-state index in [1.165, 1.54) is 24.1 Å². The molecule has 2 aromatic rings. The van der Waals surface area contributed by atoms with E-state index < -0.39 is 0 Å². The number of rotatable bonds is 4. The second-order valence-electron chi connectivity index (χ2n) is 5.92. The molecule has 0 bridgehead atoms. The van der Waals surface area contributed by atoms with Crippen molar-refractivity contribution in [3.05, 3.63) is 59.4 Å². The van der Waals surface area contributed by atoms with Gasteiger partial charge in [0.1, 0.15) is 5.82 Å². The predicted molar refractivity (Wildman–Crippen MR) is 83.4 cm³/mol. The Kier molecular flexibility index (Phi) is 3.15. The van der Waals surface area contributed by atoms with Crippen molar-refractivity contribution in [2.75, 3.05) is 11.4 Å². The molecule has 1 aliphatic carbocycles. The molecular formula is C18H19FN2. The van der Waals surface area contributed by atoms with Crippen molar-refractivity contribution in [3.63, 3.8) is 0 Å². The highest BCUT2D eigenvalue weighted by Gasteiger charge is 2.25. The molecule has 0 aromatic heterocycles. The normalized spacial score (nSPS) is 17.1. The van der Waals surface area contributed by atoms with Gasteiger partial charge >= 0.3 is 0 Å². The van der Waals surface area contributed by atoms with Crippen molar-refractivity contribution < 1.29 is 4.39 Å². The van der Waals surface area contributed by atoms with Crippen LogP contribution in [-0.4, -0.2) is 12.6 Å². The van der Waals surface area contributed by atoms with Gasteiger partial charge in [0.05, 0.1) is 0 Å². The van der Waals surface area contributed by atoms with Crippen molar-refractivity contribution in [1.29, 1.82) is 0 Å². The average molecular weight is 282 g/mol. The maximum atomic E-state index is 14.3. The first kappa shape index (κ1) is 12.8. The summed E-state index contributed by atoms with van der Waals surface area (Å²) in [6.45, 7) is 1.55. The number of benzene rings is 2. The quantitative estimate of drug-likeness (QED) is 0.918. The van der Waals surface area contributed by atoms with Crippen LogP contribution in [0.5, 0.6) is 0 Å². The lowest BCUT2D eigenvalue weighted by molar-refractivity contribution is 0.587. The SMILES string of the molecule is Fc1cccc(N2CCc3ccccc32)c1CNC1CC1. The number of para-hydroxylation sites is 1. The standard InChI is InChI=1S/C18H19FN2/c19-16-5-3-7-18(15(16)12-20-14-8-9-14)21-11-10-13-4-1-2-6-17(13)21/h1-7,14,20H,8-12H2. The number of hydrogen-bond acceptors (Lipinski definition) is 2. The van der Waals surface area contributed by atoms with Gasteiger partial charge in [-0.25, -0.2) is 4.39 Å². The molecule has 108 valence electrons. The summed E-state index contributed by atoms with van der Waals surface area (Å²) >= 11 is 0. The van der Waals surface area contributed by atoms with Crippen molar-refractivity contribution >= 4 is 11.4 Å². The van der Waals surface area contributed by atoms with Gasteiger partial charge < -0.3 is 10.2 Å². The van der Waals surface area contributed by atoms with Gasteiger partial charge in [-0.3, -0.25) is 0 Å². The molecule has 0 atom stereocenters. The molecule has 1 fully saturated rings. The van der Waals surface area contributed by atoms with E-state index in [2.05, 4.69) is 34.5 Å². The number of anilines is 2. The third-order valence-corrected chi connectivity index (χ3v) is 4.42. The molecule has 1 aliphatic heterocycles. The van der Waals surface area contributed by atoms with Crippen molar-refractivity contribution in [2.24, 2.45) is 0 Å². The molecule has 3 heteroatoms. The van der Waals surface area contributed by atoms with Gasteiger partial charge in [-0.1, -0.05) is 24.3 Å². The Morgan fingerprint density at radius 3 is 2.71 bits per heavy atom. The molecule has 0 saturated heterocycles. The highest BCUT2D eigenvalue weighted by molar-refractivity contribution is 5.72. The Balaban J connectivity index is 1.69. The van der Waals surface area contributed by atoms with Crippen molar-refractivity contribution in [1.82, 2.24) is 5.32 Å². The first-order valence-corrected chi connectivity index (χ1v) is 7.69. The van der Waals surface area contributed by atoms with Crippen LogP contribution in [0.2, 0.25) is 0 Å². The van der Waals surface area contributed by atoms with Crippen LogP contribution in [0.3, 0.4) is 0 Å². The third-order valence-electron chi connectivity index (χ3n) is 4.42. The molecule has 2 aromatic carbocycles. The first-order valence-electron chi connectivity index (χ1n) is 7.69.